The van der Waals surface area contributed by atoms with Crippen molar-refractivity contribution in [2.75, 3.05) is 0 Å². The van der Waals surface area contributed by atoms with Gasteiger partial charge in [0.15, 0.2) is 0 Å². The maximum Gasteiger partial charge on any atom is 0.116 e. The zero-order valence-corrected chi connectivity index (χ0v) is 15.4. The Kier molecular flexibility index (Phi) is 3.24. The quantitative estimate of drug-likeness (QED) is 0.392. The fourth-order valence-electron chi connectivity index (χ4n) is 3.63. The summed E-state index contributed by atoms with van der Waals surface area (Å²) in [5.41, 5.74) is 8.32. The van der Waals surface area contributed by atoms with E-state index in [0.29, 0.717) is 0 Å². The third-order valence-electron chi connectivity index (χ3n) is 5.03. The molecule has 0 spiro atoms. The molecule has 5 aromatic heterocycles. The van der Waals surface area contributed by atoms with Crippen LogP contribution in [0.3, 0.4) is 0 Å². The van der Waals surface area contributed by atoms with Gasteiger partial charge < -0.3 is 4.98 Å². The van der Waals surface area contributed by atoms with Gasteiger partial charge >= 0.3 is 0 Å². The van der Waals surface area contributed by atoms with Gasteiger partial charge in [0.1, 0.15) is 5.69 Å². The number of pyridine rings is 1. The van der Waals surface area contributed by atoms with Crippen LogP contribution in [0.4, 0.5) is 0 Å². The summed E-state index contributed by atoms with van der Waals surface area (Å²) in [6, 6.07) is 10.5. The molecule has 1 aromatic carbocycles. The normalized spacial score (nSPS) is 11.6. The molecule has 0 aliphatic heterocycles. The molecule has 6 nitrogen and oxygen atoms in total. The fourth-order valence-corrected chi connectivity index (χ4v) is 4.29. The Morgan fingerprint density at radius 2 is 1.86 bits per heavy atom. The van der Waals surface area contributed by atoms with Gasteiger partial charge in [-0.25, -0.2) is 0 Å². The van der Waals surface area contributed by atoms with Crippen LogP contribution < -0.4 is 0 Å². The van der Waals surface area contributed by atoms with Crippen LogP contribution in [0, 0.1) is 0 Å². The minimum atomic E-state index is 0.896. The van der Waals surface area contributed by atoms with E-state index >= 15 is 0 Å². The first-order valence-electron chi connectivity index (χ1n) is 8.84. The molecule has 0 bridgehead atoms. The maximum atomic E-state index is 4.58. The number of rotatable bonds is 3. The highest BCUT2D eigenvalue weighted by Gasteiger charge is 2.14. The van der Waals surface area contributed by atoms with Crippen molar-refractivity contribution in [2.45, 2.75) is 0 Å². The van der Waals surface area contributed by atoms with Crippen LogP contribution in [-0.4, -0.2) is 30.4 Å². The Morgan fingerprint density at radius 3 is 2.71 bits per heavy atom. The monoisotopic (exact) mass is 382 g/mol. The zero-order chi connectivity index (χ0) is 18.5. The first-order chi connectivity index (χ1) is 13.9. The van der Waals surface area contributed by atoms with Gasteiger partial charge in [0, 0.05) is 34.3 Å². The van der Waals surface area contributed by atoms with Gasteiger partial charge in [0.05, 0.1) is 29.1 Å². The van der Waals surface area contributed by atoms with Gasteiger partial charge in [-0.15, -0.1) is 0 Å². The highest BCUT2D eigenvalue weighted by molar-refractivity contribution is 7.08. The van der Waals surface area contributed by atoms with Crippen LogP contribution in [0.15, 0.2) is 65.9 Å². The molecule has 6 aromatic rings. The van der Waals surface area contributed by atoms with Gasteiger partial charge in [-0.2, -0.15) is 21.5 Å². The van der Waals surface area contributed by atoms with E-state index in [2.05, 4.69) is 71.5 Å². The number of hydrogen-bond acceptors (Lipinski definition) is 4. The lowest BCUT2D eigenvalue weighted by atomic mass is 10.0. The summed E-state index contributed by atoms with van der Waals surface area (Å²) >= 11 is 1.69. The zero-order valence-electron chi connectivity index (χ0n) is 14.6. The van der Waals surface area contributed by atoms with E-state index in [-0.39, 0.29) is 0 Å². The molecule has 0 radical (unpaired) electrons. The standard InChI is InChI=1S/C21H14N6S/c1-2-18-16(5-12(1)14-7-23-24-8-14)21(27-26-18)19-6-15-17(13-3-4-28-11-13)9-22-10-20(15)25-19/h1-11,25H,(H,23,24)(H,26,27). The van der Waals surface area contributed by atoms with E-state index < -0.39 is 0 Å². The topological polar surface area (TPSA) is 86.0 Å². The smallest absolute Gasteiger partial charge is 0.116 e. The number of nitrogens with one attached hydrogen (secondary N) is 3. The Labute approximate surface area is 163 Å². The third kappa shape index (κ3) is 2.30. The molecule has 0 fully saturated rings. The first-order valence-corrected chi connectivity index (χ1v) is 9.78. The van der Waals surface area contributed by atoms with E-state index in [1.54, 1.807) is 11.3 Å². The Balaban J connectivity index is 1.55. The number of aromatic amines is 3. The van der Waals surface area contributed by atoms with Crippen molar-refractivity contribution in [2.24, 2.45) is 0 Å². The van der Waals surface area contributed by atoms with E-state index in [1.165, 1.54) is 5.56 Å². The van der Waals surface area contributed by atoms with Gasteiger partial charge in [-0.1, -0.05) is 6.07 Å². The predicted molar refractivity (Wildman–Crippen MR) is 112 cm³/mol. The number of aromatic nitrogens is 6. The summed E-state index contributed by atoms with van der Waals surface area (Å²) < 4.78 is 0. The summed E-state index contributed by atoms with van der Waals surface area (Å²) in [6.45, 7) is 0. The lowest BCUT2D eigenvalue weighted by Crippen LogP contribution is -1.80. The highest BCUT2D eigenvalue weighted by Crippen LogP contribution is 2.35. The van der Waals surface area contributed by atoms with Crippen LogP contribution >= 0.6 is 11.3 Å². The number of benzene rings is 1. The van der Waals surface area contributed by atoms with Crippen molar-refractivity contribution >= 4 is 33.1 Å². The van der Waals surface area contributed by atoms with Crippen molar-refractivity contribution in [3.63, 3.8) is 0 Å². The van der Waals surface area contributed by atoms with Crippen LogP contribution in [-0.2, 0) is 0 Å². The van der Waals surface area contributed by atoms with E-state index in [9.17, 15) is 0 Å². The second-order valence-corrected chi connectivity index (χ2v) is 7.44. The van der Waals surface area contributed by atoms with E-state index in [0.717, 1.165) is 49.9 Å². The average Bonchev–Trinajstić information content (AvgIpc) is 3.53. The summed E-state index contributed by atoms with van der Waals surface area (Å²) in [5.74, 6) is 0. The maximum absolute atomic E-state index is 4.58. The predicted octanol–water partition coefficient (Wildman–Crippen LogP) is 5.22. The van der Waals surface area contributed by atoms with Crippen LogP contribution in [0.25, 0.3) is 55.4 Å². The molecule has 0 saturated carbocycles. The highest BCUT2D eigenvalue weighted by atomic mass is 32.1. The molecule has 28 heavy (non-hydrogen) atoms. The largest absolute Gasteiger partial charge is 0.352 e. The number of fused-ring (bicyclic) bond motifs is 2. The van der Waals surface area contributed by atoms with Gasteiger partial charge in [0.25, 0.3) is 0 Å². The summed E-state index contributed by atoms with van der Waals surface area (Å²) in [7, 11) is 0. The van der Waals surface area contributed by atoms with Crippen molar-refractivity contribution in [1.29, 1.82) is 0 Å². The first kappa shape index (κ1) is 15.4. The summed E-state index contributed by atoms with van der Waals surface area (Å²) in [4.78, 5) is 7.89. The summed E-state index contributed by atoms with van der Waals surface area (Å²) in [6.07, 6.45) is 7.49. The molecule has 7 heteroatoms. The molecule has 6 rings (SSSR count). The SMILES string of the molecule is c1cc(-c2cncc3[nH]c(-c4n[nH]c5ccc(-c6cn[nH]c6)cc45)cc23)cs1. The average molecular weight is 382 g/mol. The number of thiophene rings is 1. The second kappa shape index (κ2) is 5.90. The van der Waals surface area contributed by atoms with Crippen molar-refractivity contribution in [3.05, 3.63) is 65.9 Å². The fraction of sp³-hybridized carbons (Fsp3) is 0. The Morgan fingerprint density at radius 1 is 0.857 bits per heavy atom. The number of hydrogen-bond donors (Lipinski definition) is 3. The van der Waals surface area contributed by atoms with Crippen LogP contribution in [0.1, 0.15) is 0 Å². The van der Waals surface area contributed by atoms with E-state index in [1.807, 2.05) is 24.8 Å². The van der Waals surface area contributed by atoms with Crippen LogP contribution in [0.5, 0.6) is 0 Å². The molecule has 0 saturated heterocycles. The Hall–Kier alpha value is -3.71. The van der Waals surface area contributed by atoms with Gasteiger partial charge in [-0.3, -0.25) is 15.2 Å². The lowest BCUT2D eigenvalue weighted by molar-refractivity contribution is 1.09. The van der Waals surface area contributed by atoms with Crippen molar-refractivity contribution in [3.8, 4) is 33.6 Å². The molecule has 134 valence electrons. The molecule has 0 unspecified atom stereocenters. The number of H-pyrrole nitrogens is 3. The molecular weight excluding hydrogens is 368 g/mol. The molecule has 5 heterocycles. The second-order valence-electron chi connectivity index (χ2n) is 6.66. The summed E-state index contributed by atoms with van der Waals surface area (Å²) in [5, 5.41) is 21.1. The Bertz CT molecular complexity index is 1410. The lowest BCUT2D eigenvalue weighted by Gasteiger charge is -1.99. The molecular formula is C21H14N6S. The van der Waals surface area contributed by atoms with Gasteiger partial charge in [-0.05, 0) is 46.2 Å². The molecule has 0 aliphatic rings. The molecule has 0 aliphatic carbocycles. The molecule has 0 amide bonds. The minimum absolute atomic E-state index is 0.896. The minimum Gasteiger partial charge on any atom is -0.352 e. The molecule has 3 N–H and O–H groups in total. The van der Waals surface area contributed by atoms with E-state index in [4.69, 9.17) is 0 Å². The molecule has 0 atom stereocenters. The van der Waals surface area contributed by atoms with Crippen LogP contribution in [0.2, 0.25) is 0 Å². The van der Waals surface area contributed by atoms with Crippen molar-refractivity contribution in [1.82, 2.24) is 30.4 Å². The third-order valence-corrected chi connectivity index (χ3v) is 5.71. The van der Waals surface area contributed by atoms with Gasteiger partial charge in [0.2, 0.25) is 0 Å². The number of nitrogens with zero attached hydrogens (tertiary/aromatic N) is 3. The van der Waals surface area contributed by atoms with Crippen molar-refractivity contribution < 1.29 is 0 Å².